The van der Waals surface area contributed by atoms with E-state index in [1.807, 2.05) is 115 Å². The van der Waals surface area contributed by atoms with Crippen LogP contribution in [0.5, 0.6) is 11.5 Å². The number of anilines is 2. The van der Waals surface area contributed by atoms with Crippen molar-refractivity contribution < 1.29 is 23.9 Å². The van der Waals surface area contributed by atoms with Gasteiger partial charge in [-0.25, -0.2) is 0 Å². The number of nitrogens with zero attached hydrogens (tertiary/aromatic N) is 6. The molecule has 0 aliphatic heterocycles. The van der Waals surface area contributed by atoms with E-state index in [1.54, 1.807) is 60.3 Å². The highest BCUT2D eigenvalue weighted by Gasteiger charge is 2.30. The smallest absolute Gasteiger partial charge is 0.261 e. The molecule has 1 aliphatic carbocycles. The van der Waals surface area contributed by atoms with Gasteiger partial charge in [-0.3, -0.25) is 14.4 Å². The van der Waals surface area contributed by atoms with Crippen LogP contribution in [0.4, 0.5) is 34.1 Å². The highest BCUT2D eigenvalue weighted by atomic mass is 79.9. The summed E-state index contributed by atoms with van der Waals surface area (Å²) in [6, 6.07) is 46.3. The van der Waals surface area contributed by atoms with Crippen molar-refractivity contribution in [3.63, 3.8) is 0 Å². The highest BCUT2D eigenvalue weighted by molar-refractivity contribution is 9.10. The number of rotatable bonds is 10. The average molecular weight is 894 g/mol. The molecule has 11 nitrogen and oxygen atoms in total. The molecule has 12 heteroatoms. The molecule has 63 heavy (non-hydrogen) atoms. The average Bonchev–Trinajstić information content (AvgIpc) is 3.61. The molecule has 8 aromatic rings. The number of amides is 2. The molecule has 0 bridgehead atoms. The van der Waals surface area contributed by atoms with E-state index in [9.17, 15) is 14.4 Å². The van der Waals surface area contributed by atoms with E-state index < -0.39 is 0 Å². The summed E-state index contributed by atoms with van der Waals surface area (Å²) in [4.78, 5) is 45.1. The lowest BCUT2D eigenvalue weighted by Gasteiger charge is -2.20. The van der Waals surface area contributed by atoms with E-state index in [4.69, 9.17) is 9.47 Å². The molecule has 0 aromatic heterocycles. The molecule has 0 N–H and O–H groups in total. The Hall–Kier alpha value is -7.83. The Morgan fingerprint density at radius 1 is 0.508 bits per heavy atom. The molecule has 9 rings (SSSR count). The third-order valence-corrected chi connectivity index (χ3v) is 11.7. The summed E-state index contributed by atoms with van der Waals surface area (Å²) in [6.45, 7) is 0. The number of benzene rings is 8. The van der Waals surface area contributed by atoms with Gasteiger partial charge in [-0.2, -0.15) is 10.2 Å². The van der Waals surface area contributed by atoms with Gasteiger partial charge in [0.1, 0.15) is 11.4 Å². The predicted molar refractivity (Wildman–Crippen MR) is 251 cm³/mol. The predicted octanol–water partition coefficient (Wildman–Crippen LogP) is 13.4. The second-order valence-electron chi connectivity index (χ2n) is 14.8. The highest BCUT2D eigenvalue weighted by Crippen LogP contribution is 2.47. The molecule has 0 fully saturated rings. The molecule has 0 saturated heterocycles. The Balaban J connectivity index is 1.04. The Morgan fingerprint density at radius 3 is 1.48 bits per heavy atom. The molecule has 0 radical (unpaired) electrons. The molecule has 2 amide bonds. The van der Waals surface area contributed by atoms with Gasteiger partial charge in [0.2, 0.25) is 0 Å². The summed E-state index contributed by atoms with van der Waals surface area (Å²) in [5, 5.41) is 21.6. The fourth-order valence-corrected chi connectivity index (χ4v) is 8.57. The lowest BCUT2D eigenvalue weighted by Crippen LogP contribution is -2.26. The van der Waals surface area contributed by atoms with E-state index >= 15 is 0 Å². The van der Waals surface area contributed by atoms with Gasteiger partial charge >= 0.3 is 0 Å². The van der Waals surface area contributed by atoms with Crippen LogP contribution < -0.4 is 19.3 Å². The number of hydrogen-bond acceptors (Lipinski definition) is 9. The summed E-state index contributed by atoms with van der Waals surface area (Å²) in [5.41, 5.74) is 6.06. The molecular weight excluding hydrogens is 857 g/mol. The summed E-state index contributed by atoms with van der Waals surface area (Å²) >= 11 is 3.70. The Morgan fingerprint density at radius 2 is 0.968 bits per heavy atom. The van der Waals surface area contributed by atoms with Crippen LogP contribution in [0.15, 0.2) is 177 Å². The first kappa shape index (κ1) is 40.6. The van der Waals surface area contributed by atoms with E-state index in [2.05, 4.69) is 36.4 Å². The standard InChI is InChI=1S/C51H37BrN6O5/c1-57(34-17-7-5-8-18-34)50(60)41-25-30-15-11-13-21-36(30)45(48(41)62-3)55-53-32-23-24-38-39(27-32)47(59)40-28-33(29-43(52)44(38)40)54-56-46-37-22-14-12-16-31(37)26-42(49(46)63-4)51(61)58(2)35-19-9-6-10-20-35/h5-29H,1-4H3. The number of ketones is 1. The molecule has 0 atom stereocenters. The van der Waals surface area contributed by atoms with Gasteiger partial charge in [0, 0.05) is 57.4 Å². The maximum Gasteiger partial charge on any atom is 0.261 e. The quantitative estimate of drug-likeness (QED) is 0.126. The first-order valence-corrected chi connectivity index (χ1v) is 20.7. The molecule has 0 heterocycles. The van der Waals surface area contributed by atoms with Crippen LogP contribution in [-0.2, 0) is 0 Å². The number of halogens is 1. The molecule has 1 aliphatic rings. The van der Waals surface area contributed by atoms with Crippen molar-refractivity contribution in [1.82, 2.24) is 0 Å². The van der Waals surface area contributed by atoms with Crippen LogP contribution in [0, 0.1) is 0 Å². The molecule has 0 unspecified atom stereocenters. The number of methoxy groups -OCH3 is 2. The van der Waals surface area contributed by atoms with E-state index in [1.165, 1.54) is 14.2 Å². The van der Waals surface area contributed by atoms with Crippen molar-refractivity contribution >= 4 is 89.2 Å². The van der Waals surface area contributed by atoms with Crippen molar-refractivity contribution in [2.45, 2.75) is 0 Å². The fourth-order valence-electron chi connectivity index (χ4n) is 7.91. The van der Waals surface area contributed by atoms with Gasteiger partial charge in [-0.05, 0) is 77.0 Å². The molecule has 0 saturated carbocycles. The molecule has 308 valence electrons. The SMILES string of the molecule is COc1c(C(=O)N(C)c2ccccc2)cc2ccccc2c1N=Nc1ccc2c(c1)C(=O)c1cc(N=Nc3c(OC)c(C(=O)N(C)c4ccccc4)cc4ccccc34)cc(Br)c1-2. The number of ether oxygens (including phenoxy) is 2. The third-order valence-electron chi connectivity index (χ3n) is 11.1. The Kier molecular flexibility index (Phi) is 10.9. The maximum atomic E-state index is 14.2. The summed E-state index contributed by atoms with van der Waals surface area (Å²) < 4.78 is 12.4. The third kappa shape index (κ3) is 7.40. The second kappa shape index (κ2) is 16.9. The van der Waals surface area contributed by atoms with Crippen LogP contribution in [0.2, 0.25) is 0 Å². The van der Waals surface area contributed by atoms with Gasteiger partial charge in [0.05, 0.1) is 36.7 Å². The lowest BCUT2D eigenvalue weighted by atomic mass is 10.0. The number of carbonyl (C=O) groups is 3. The molecule has 8 aromatic carbocycles. The lowest BCUT2D eigenvalue weighted by molar-refractivity contribution is 0.0982. The number of carbonyl (C=O) groups excluding carboxylic acids is 3. The van der Waals surface area contributed by atoms with E-state index in [0.717, 1.165) is 44.0 Å². The largest absolute Gasteiger partial charge is 0.494 e. The van der Waals surface area contributed by atoms with Gasteiger partial charge in [0.25, 0.3) is 11.8 Å². The Labute approximate surface area is 371 Å². The summed E-state index contributed by atoms with van der Waals surface area (Å²) in [5.74, 6) is -0.198. The van der Waals surface area contributed by atoms with Crippen molar-refractivity contribution in [2.24, 2.45) is 20.5 Å². The first-order chi connectivity index (χ1) is 30.7. The second-order valence-corrected chi connectivity index (χ2v) is 15.6. The summed E-state index contributed by atoms with van der Waals surface area (Å²) in [6.07, 6.45) is 0. The molecule has 0 spiro atoms. The van der Waals surface area contributed by atoms with Crippen LogP contribution in [0.25, 0.3) is 32.7 Å². The van der Waals surface area contributed by atoms with Crippen LogP contribution in [-0.4, -0.2) is 45.9 Å². The van der Waals surface area contributed by atoms with Crippen molar-refractivity contribution in [3.8, 4) is 22.6 Å². The zero-order chi connectivity index (χ0) is 43.8. The molecular formula is C51H37BrN6O5. The van der Waals surface area contributed by atoms with Crippen molar-refractivity contribution in [3.05, 3.63) is 178 Å². The van der Waals surface area contributed by atoms with Gasteiger partial charge in [-0.1, -0.05) is 107 Å². The zero-order valence-corrected chi connectivity index (χ0v) is 36.1. The van der Waals surface area contributed by atoms with Crippen molar-refractivity contribution in [1.29, 1.82) is 0 Å². The zero-order valence-electron chi connectivity index (χ0n) is 34.5. The fraction of sp³-hybridized carbons (Fsp3) is 0.0784. The van der Waals surface area contributed by atoms with Crippen LogP contribution >= 0.6 is 15.9 Å². The van der Waals surface area contributed by atoms with Crippen LogP contribution in [0.3, 0.4) is 0 Å². The normalized spacial score (nSPS) is 11.9. The van der Waals surface area contributed by atoms with Gasteiger partial charge in [-0.15, -0.1) is 10.2 Å². The minimum atomic E-state index is -0.273. The number of para-hydroxylation sites is 2. The number of azo groups is 2. The number of hydrogen-bond donors (Lipinski definition) is 0. The Bertz CT molecular complexity index is 3210. The number of fused-ring (bicyclic) bond motifs is 5. The minimum absolute atomic E-state index is 0.214. The van der Waals surface area contributed by atoms with Crippen molar-refractivity contribution in [2.75, 3.05) is 38.1 Å². The van der Waals surface area contributed by atoms with Gasteiger partial charge < -0.3 is 19.3 Å². The minimum Gasteiger partial charge on any atom is -0.494 e. The topological polar surface area (TPSA) is 126 Å². The summed E-state index contributed by atoms with van der Waals surface area (Å²) in [7, 11) is 6.43. The monoisotopic (exact) mass is 892 g/mol. The maximum absolute atomic E-state index is 14.2. The van der Waals surface area contributed by atoms with Gasteiger partial charge in [0.15, 0.2) is 17.3 Å². The first-order valence-electron chi connectivity index (χ1n) is 19.9. The van der Waals surface area contributed by atoms with Crippen LogP contribution in [0.1, 0.15) is 36.6 Å². The van der Waals surface area contributed by atoms with E-state index in [0.29, 0.717) is 49.5 Å². The van der Waals surface area contributed by atoms with E-state index in [-0.39, 0.29) is 29.1 Å².